The van der Waals surface area contributed by atoms with Gasteiger partial charge in [0.25, 0.3) is 0 Å². The molecular weight excluding hydrogens is 326 g/mol. The Morgan fingerprint density at radius 2 is 2.23 bits per heavy atom. The van der Waals surface area contributed by atoms with Crippen LogP contribution in [0.15, 0.2) is 55.4 Å². The van der Waals surface area contributed by atoms with Crippen molar-refractivity contribution in [1.82, 2.24) is 24.6 Å². The summed E-state index contributed by atoms with van der Waals surface area (Å²) in [6.07, 6.45) is 10.9. The highest BCUT2D eigenvalue weighted by Gasteiger charge is 2.30. The molecule has 0 spiro atoms. The molecule has 4 rings (SSSR count). The van der Waals surface area contributed by atoms with Crippen LogP contribution in [0.2, 0.25) is 0 Å². The molecule has 3 heterocycles. The first kappa shape index (κ1) is 17.0. The maximum atomic E-state index is 5.99. The minimum atomic E-state index is 0.145. The Bertz CT molecular complexity index is 826. The summed E-state index contributed by atoms with van der Waals surface area (Å²) in [4.78, 5) is 4.15. The topological polar surface area (TPSA) is 56.9 Å². The van der Waals surface area contributed by atoms with Crippen LogP contribution in [0, 0.1) is 5.92 Å². The standard InChI is InChI=1S/C20H25N5O/c1-2-25-14-18(13-23-25)20-17(7-10-26-20)12-22-11-16-5-3-4-6-19(16)24-9-8-21-15-24/h3-6,8-9,13-15,17,20,22H,2,7,10-12H2,1H3/t17-,20+/m1/s1. The number of ether oxygens (including phenoxy) is 1. The van der Waals surface area contributed by atoms with Gasteiger partial charge in [0.1, 0.15) is 0 Å². The fraction of sp³-hybridized carbons (Fsp3) is 0.400. The lowest BCUT2D eigenvalue weighted by atomic mass is 9.97. The Kier molecular flexibility index (Phi) is 5.13. The van der Waals surface area contributed by atoms with E-state index in [1.165, 1.54) is 16.8 Å². The number of aromatic nitrogens is 4. The van der Waals surface area contributed by atoms with E-state index in [1.807, 2.05) is 23.4 Å². The molecule has 0 saturated carbocycles. The van der Waals surface area contributed by atoms with Crippen LogP contribution in [0.3, 0.4) is 0 Å². The van der Waals surface area contributed by atoms with Gasteiger partial charge in [-0.05, 0) is 25.0 Å². The Morgan fingerprint density at radius 1 is 1.31 bits per heavy atom. The molecule has 1 aliphatic rings. The number of rotatable bonds is 7. The van der Waals surface area contributed by atoms with Gasteiger partial charge in [0.15, 0.2) is 0 Å². The van der Waals surface area contributed by atoms with Crippen molar-refractivity contribution in [3.05, 3.63) is 66.5 Å². The molecule has 0 radical (unpaired) electrons. The van der Waals surface area contributed by atoms with Crippen molar-refractivity contribution >= 4 is 0 Å². The summed E-state index contributed by atoms with van der Waals surface area (Å²) in [7, 11) is 0. The molecule has 1 N–H and O–H groups in total. The van der Waals surface area contributed by atoms with Crippen LogP contribution in [0.25, 0.3) is 5.69 Å². The number of benzene rings is 1. The van der Waals surface area contributed by atoms with E-state index in [4.69, 9.17) is 4.74 Å². The van der Waals surface area contributed by atoms with E-state index in [9.17, 15) is 0 Å². The summed E-state index contributed by atoms with van der Waals surface area (Å²) < 4.78 is 10.0. The van der Waals surface area contributed by atoms with E-state index >= 15 is 0 Å². The Labute approximate surface area is 153 Å². The third-order valence-electron chi connectivity index (χ3n) is 5.02. The summed E-state index contributed by atoms with van der Waals surface area (Å²) in [5.41, 5.74) is 3.62. The van der Waals surface area contributed by atoms with Crippen LogP contribution >= 0.6 is 0 Å². The molecule has 0 bridgehead atoms. The van der Waals surface area contributed by atoms with Crippen molar-refractivity contribution in [2.24, 2.45) is 5.92 Å². The highest BCUT2D eigenvalue weighted by Crippen LogP contribution is 2.33. The van der Waals surface area contributed by atoms with Crippen molar-refractivity contribution in [1.29, 1.82) is 0 Å². The molecule has 6 heteroatoms. The van der Waals surface area contributed by atoms with Gasteiger partial charge in [0.05, 0.1) is 24.3 Å². The van der Waals surface area contributed by atoms with Crippen LogP contribution in [0.5, 0.6) is 0 Å². The van der Waals surface area contributed by atoms with Gasteiger partial charge >= 0.3 is 0 Å². The number of para-hydroxylation sites is 1. The maximum Gasteiger partial charge on any atom is 0.0991 e. The third kappa shape index (κ3) is 3.57. The van der Waals surface area contributed by atoms with Crippen molar-refractivity contribution in [3.8, 4) is 5.69 Å². The zero-order valence-electron chi connectivity index (χ0n) is 15.1. The molecule has 6 nitrogen and oxygen atoms in total. The summed E-state index contributed by atoms with van der Waals surface area (Å²) in [6, 6.07) is 8.43. The van der Waals surface area contributed by atoms with E-state index in [0.717, 1.165) is 32.7 Å². The average molecular weight is 351 g/mol. The predicted molar refractivity (Wildman–Crippen MR) is 100.0 cm³/mol. The van der Waals surface area contributed by atoms with Crippen LogP contribution in [0.4, 0.5) is 0 Å². The number of hydrogen-bond donors (Lipinski definition) is 1. The third-order valence-corrected chi connectivity index (χ3v) is 5.02. The summed E-state index contributed by atoms with van der Waals surface area (Å²) in [5.74, 6) is 0.477. The number of hydrogen-bond acceptors (Lipinski definition) is 4. The van der Waals surface area contributed by atoms with Gasteiger partial charge < -0.3 is 14.6 Å². The monoisotopic (exact) mass is 351 g/mol. The van der Waals surface area contributed by atoms with Gasteiger partial charge in [-0.25, -0.2) is 4.98 Å². The lowest BCUT2D eigenvalue weighted by Gasteiger charge is -2.18. The summed E-state index contributed by atoms with van der Waals surface area (Å²) in [5, 5.41) is 8.01. The molecular formula is C20H25N5O. The second kappa shape index (κ2) is 7.85. The summed E-state index contributed by atoms with van der Waals surface area (Å²) in [6.45, 7) is 5.57. The fourth-order valence-electron chi connectivity index (χ4n) is 3.62. The smallest absolute Gasteiger partial charge is 0.0991 e. The fourth-order valence-corrected chi connectivity index (χ4v) is 3.62. The molecule has 1 fully saturated rings. The Morgan fingerprint density at radius 3 is 3.04 bits per heavy atom. The predicted octanol–water partition coefficient (Wildman–Crippen LogP) is 2.96. The van der Waals surface area contributed by atoms with Gasteiger partial charge in [-0.15, -0.1) is 0 Å². The van der Waals surface area contributed by atoms with Gasteiger partial charge in [-0.2, -0.15) is 5.10 Å². The summed E-state index contributed by atoms with van der Waals surface area (Å²) >= 11 is 0. The minimum Gasteiger partial charge on any atom is -0.373 e. The van der Waals surface area contributed by atoms with Gasteiger partial charge in [0.2, 0.25) is 0 Å². The van der Waals surface area contributed by atoms with Crippen molar-refractivity contribution in [3.63, 3.8) is 0 Å². The zero-order chi connectivity index (χ0) is 17.8. The number of aryl methyl sites for hydroxylation is 1. The molecule has 3 aromatic rings. The Hall–Kier alpha value is -2.44. The normalized spacial score (nSPS) is 19.9. The van der Waals surface area contributed by atoms with Crippen molar-refractivity contribution in [2.75, 3.05) is 13.2 Å². The van der Waals surface area contributed by atoms with Gasteiger partial charge in [-0.1, -0.05) is 18.2 Å². The minimum absolute atomic E-state index is 0.145. The largest absolute Gasteiger partial charge is 0.373 e. The molecule has 0 unspecified atom stereocenters. The zero-order valence-corrected chi connectivity index (χ0v) is 15.1. The molecule has 1 saturated heterocycles. The second-order valence-corrected chi connectivity index (χ2v) is 6.70. The van der Waals surface area contributed by atoms with E-state index in [0.29, 0.717) is 5.92 Å². The van der Waals surface area contributed by atoms with Gasteiger partial charge in [0, 0.05) is 56.3 Å². The molecule has 0 amide bonds. The lowest BCUT2D eigenvalue weighted by molar-refractivity contribution is 0.0904. The van der Waals surface area contributed by atoms with E-state index < -0.39 is 0 Å². The molecule has 26 heavy (non-hydrogen) atoms. The first-order chi connectivity index (χ1) is 12.8. The Balaban J connectivity index is 1.39. The molecule has 1 aromatic carbocycles. The first-order valence-electron chi connectivity index (χ1n) is 9.26. The van der Waals surface area contributed by atoms with Crippen LogP contribution in [-0.4, -0.2) is 32.5 Å². The van der Waals surface area contributed by atoms with Crippen LogP contribution in [-0.2, 0) is 17.8 Å². The average Bonchev–Trinajstić information content (AvgIpc) is 3.43. The highest BCUT2D eigenvalue weighted by atomic mass is 16.5. The lowest BCUT2D eigenvalue weighted by Crippen LogP contribution is -2.25. The quantitative estimate of drug-likeness (QED) is 0.711. The molecule has 2 aromatic heterocycles. The first-order valence-corrected chi connectivity index (χ1v) is 9.26. The second-order valence-electron chi connectivity index (χ2n) is 6.70. The molecule has 136 valence electrons. The number of nitrogens with zero attached hydrogens (tertiary/aromatic N) is 4. The SMILES string of the molecule is CCn1cc([C@H]2OCC[C@@H]2CNCc2ccccc2-n2ccnc2)cn1. The van der Waals surface area contributed by atoms with E-state index in [2.05, 4.69) is 57.4 Å². The van der Waals surface area contributed by atoms with E-state index in [1.54, 1.807) is 6.20 Å². The molecule has 1 aliphatic heterocycles. The molecule has 0 aliphatic carbocycles. The maximum absolute atomic E-state index is 5.99. The highest BCUT2D eigenvalue weighted by molar-refractivity contribution is 5.40. The number of imidazole rings is 1. The van der Waals surface area contributed by atoms with Crippen LogP contribution < -0.4 is 5.32 Å². The number of nitrogens with one attached hydrogen (secondary N) is 1. The molecule has 2 atom stereocenters. The van der Waals surface area contributed by atoms with Crippen molar-refractivity contribution in [2.45, 2.75) is 32.5 Å². The van der Waals surface area contributed by atoms with Crippen molar-refractivity contribution < 1.29 is 4.74 Å². The van der Waals surface area contributed by atoms with Crippen LogP contribution in [0.1, 0.15) is 30.6 Å². The van der Waals surface area contributed by atoms with Gasteiger partial charge in [-0.3, -0.25) is 4.68 Å². The van der Waals surface area contributed by atoms with E-state index in [-0.39, 0.29) is 6.10 Å².